The van der Waals surface area contributed by atoms with Crippen LogP contribution in [0, 0.1) is 12.7 Å². The van der Waals surface area contributed by atoms with Gasteiger partial charge >= 0.3 is 0 Å². The van der Waals surface area contributed by atoms with Gasteiger partial charge in [0.05, 0.1) is 4.47 Å². The van der Waals surface area contributed by atoms with Crippen molar-refractivity contribution in [1.29, 1.82) is 0 Å². The maximum atomic E-state index is 13.2. The average Bonchev–Trinajstić information content (AvgIpc) is 2.67. The third-order valence-corrected chi connectivity index (χ3v) is 3.79. The summed E-state index contributed by atoms with van der Waals surface area (Å²) in [4.78, 5) is 0. The third-order valence-electron chi connectivity index (χ3n) is 2.82. The Morgan fingerprint density at radius 2 is 2.29 bits per heavy atom. The molecule has 0 bridgehead atoms. The molecule has 1 fully saturated rings. The standard InChI is InChI=1S/C11H13BrFN/c1-7-8(10-3-2-6-14-10)4-5-9(13)11(7)12/h4-5,10,14H,2-3,6H2,1H3. The number of hydrogen-bond acceptors (Lipinski definition) is 1. The minimum Gasteiger partial charge on any atom is -0.310 e. The molecule has 1 nitrogen and oxygen atoms in total. The molecule has 0 saturated carbocycles. The van der Waals surface area contributed by atoms with Crippen molar-refractivity contribution in [3.8, 4) is 0 Å². The van der Waals surface area contributed by atoms with Crippen LogP contribution in [0.25, 0.3) is 0 Å². The van der Waals surface area contributed by atoms with Crippen LogP contribution in [0.2, 0.25) is 0 Å². The van der Waals surface area contributed by atoms with Crippen molar-refractivity contribution in [3.63, 3.8) is 0 Å². The van der Waals surface area contributed by atoms with Gasteiger partial charge in [0.2, 0.25) is 0 Å². The van der Waals surface area contributed by atoms with Gasteiger partial charge in [0.25, 0.3) is 0 Å². The molecule has 0 aliphatic carbocycles. The molecular formula is C11H13BrFN. The summed E-state index contributed by atoms with van der Waals surface area (Å²) in [6.07, 6.45) is 2.36. The van der Waals surface area contributed by atoms with Crippen LogP contribution >= 0.6 is 15.9 Å². The fourth-order valence-electron chi connectivity index (χ4n) is 1.99. The molecular weight excluding hydrogens is 245 g/mol. The number of benzene rings is 1. The topological polar surface area (TPSA) is 12.0 Å². The Balaban J connectivity index is 2.38. The van der Waals surface area contributed by atoms with E-state index in [0.717, 1.165) is 18.5 Å². The maximum absolute atomic E-state index is 13.2. The molecule has 1 aromatic rings. The molecule has 3 heteroatoms. The number of nitrogens with one attached hydrogen (secondary N) is 1. The summed E-state index contributed by atoms with van der Waals surface area (Å²) in [7, 11) is 0. The Bertz CT molecular complexity index is 345. The second-order valence-electron chi connectivity index (χ2n) is 3.72. The summed E-state index contributed by atoms with van der Waals surface area (Å²) in [5, 5.41) is 3.42. The molecule has 0 spiro atoms. The van der Waals surface area contributed by atoms with E-state index in [1.165, 1.54) is 18.1 Å². The summed E-state index contributed by atoms with van der Waals surface area (Å²) in [6.45, 7) is 3.03. The molecule has 1 heterocycles. The number of rotatable bonds is 1. The van der Waals surface area contributed by atoms with Crippen molar-refractivity contribution in [2.24, 2.45) is 0 Å². The summed E-state index contributed by atoms with van der Waals surface area (Å²) < 4.78 is 13.8. The molecule has 1 unspecified atom stereocenters. The number of halogens is 2. The quantitative estimate of drug-likeness (QED) is 0.814. The first-order valence-electron chi connectivity index (χ1n) is 4.88. The minimum absolute atomic E-state index is 0.177. The van der Waals surface area contributed by atoms with Gasteiger partial charge in [0.15, 0.2) is 0 Å². The minimum atomic E-state index is -0.177. The van der Waals surface area contributed by atoms with E-state index in [1.54, 1.807) is 0 Å². The zero-order valence-electron chi connectivity index (χ0n) is 8.11. The van der Waals surface area contributed by atoms with Crippen molar-refractivity contribution < 1.29 is 4.39 Å². The highest BCUT2D eigenvalue weighted by atomic mass is 79.9. The monoisotopic (exact) mass is 257 g/mol. The van der Waals surface area contributed by atoms with E-state index in [9.17, 15) is 4.39 Å². The molecule has 1 atom stereocenters. The Labute approximate surface area is 91.8 Å². The largest absolute Gasteiger partial charge is 0.310 e. The predicted molar refractivity (Wildman–Crippen MR) is 58.8 cm³/mol. The lowest BCUT2D eigenvalue weighted by Crippen LogP contribution is -2.14. The molecule has 14 heavy (non-hydrogen) atoms. The smallest absolute Gasteiger partial charge is 0.137 e. The fourth-order valence-corrected chi connectivity index (χ4v) is 2.36. The van der Waals surface area contributed by atoms with Gasteiger partial charge in [-0.1, -0.05) is 6.07 Å². The first-order valence-corrected chi connectivity index (χ1v) is 5.67. The Morgan fingerprint density at radius 3 is 2.93 bits per heavy atom. The van der Waals surface area contributed by atoms with Crippen LogP contribution in [0.1, 0.15) is 30.0 Å². The van der Waals surface area contributed by atoms with Crippen LogP contribution < -0.4 is 5.32 Å². The van der Waals surface area contributed by atoms with Gasteiger partial charge in [0.1, 0.15) is 5.82 Å². The molecule has 1 saturated heterocycles. The lowest BCUT2D eigenvalue weighted by atomic mass is 10.00. The first kappa shape index (κ1) is 10.1. The molecule has 1 aromatic carbocycles. The molecule has 76 valence electrons. The van der Waals surface area contributed by atoms with Crippen LogP contribution in [0.5, 0.6) is 0 Å². The van der Waals surface area contributed by atoms with Gasteiger partial charge < -0.3 is 5.32 Å². The highest BCUT2D eigenvalue weighted by Gasteiger charge is 2.19. The van der Waals surface area contributed by atoms with Crippen LogP contribution in [0.4, 0.5) is 4.39 Å². The average molecular weight is 258 g/mol. The summed E-state index contributed by atoms with van der Waals surface area (Å²) in [5.41, 5.74) is 2.24. The second kappa shape index (κ2) is 3.99. The molecule has 1 aliphatic heterocycles. The molecule has 1 N–H and O–H groups in total. The highest BCUT2D eigenvalue weighted by molar-refractivity contribution is 9.10. The van der Waals surface area contributed by atoms with Crippen molar-refractivity contribution >= 4 is 15.9 Å². The van der Waals surface area contributed by atoms with Gasteiger partial charge in [-0.25, -0.2) is 4.39 Å². The molecule has 0 aromatic heterocycles. The Hall–Kier alpha value is -0.410. The van der Waals surface area contributed by atoms with E-state index in [0.29, 0.717) is 10.5 Å². The number of hydrogen-bond donors (Lipinski definition) is 1. The van der Waals surface area contributed by atoms with Crippen LogP contribution in [-0.4, -0.2) is 6.54 Å². The van der Waals surface area contributed by atoms with E-state index in [4.69, 9.17) is 0 Å². The van der Waals surface area contributed by atoms with E-state index in [2.05, 4.69) is 21.2 Å². The van der Waals surface area contributed by atoms with Crippen molar-refractivity contribution in [2.75, 3.05) is 6.54 Å². The SMILES string of the molecule is Cc1c(C2CCCN2)ccc(F)c1Br. The second-order valence-corrected chi connectivity index (χ2v) is 4.52. The predicted octanol–water partition coefficient (Wildman–Crippen LogP) is 3.32. The van der Waals surface area contributed by atoms with Crippen molar-refractivity contribution in [1.82, 2.24) is 5.32 Å². The third kappa shape index (κ3) is 1.71. The summed E-state index contributed by atoms with van der Waals surface area (Å²) >= 11 is 3.27. The lowest BCUT2D eigenvalue weighted by molar-refractivity contribution is 0.607. The van der Waals surface area contributed by atoms with Gasteiger partial charge in [0, 0.05) is 6.04 Å². The molecule has 1 aliphatic rings. The Kier molecular flexibility index (Phi) is 2.88. The van der Waals surface area contributed by atoms with Crippen LogP contribution in [-0.2, 0) is 0 Å². The fraction of sp³-hybridized carbons (Fsp3) is 0.455. The van der Waals surface area contributed by atoms with Crippen molar-refractivity contribution in [3.05, 3.63) is 33.5 Å². The van der Waals surface area contributed by atoms with Gasteiger partial charge in [-0.2, -0.15) is 0 Å². The zero-order valence-corrected chi connectivity index (χ0v) is 9.70. The summed E-state index contributed by atoms with van der Waals surface area (Å²) in [6, 6.07) is 3.83. The maximum Gasteiger partial charge on any atom is 0.137 e. The normalized spacial score (nSPS) is 21.5. The van der Waals surface area contributed by atoms with Gasteiger partial charge in [-0.05, 0) is 59.4 Å². The van der Waals surface area contributed by atoms with Crippen molar-refractivity contribution in [2.45, 2.75) is 25.8 Å². The summed E-state index contributed by atoms with van der Waals surface area (Å²) in [5.74, 6) is -0.177. The molecule has 0 radical (unpaired) electrons. The Morgan fingerprint density at radius 1 is 1.50 bits per heavy atom. The molecule has 0 amide bonds. The van der Waals surface area contributed by atoms with Gasteiger partial charge in [-0.15, -0.1) is 0 Å². The van der Waals surface area contributed by atoms with E-state index in [-0.39, 0.29) is 5.82 Å². The highest BCUT2D eigenvalue weighted by Crippen LogP contribution is 2.31. The van der Waals surface area contributed by atoms with Crippen LogP contribution in [0.15, 0.2) is 16.6 Å². The first-order chi connectivity index (χ1) is 6.70. The van der Waals surface area contributed by atoms with Crippen LogP contribution in [0.3, 0.4) is 0 Å². The van der Waals surface area contributed by atoms with E-state index in [1.807, 2.05) is 13.0 Å². The zero-order chi connectivity index (χ0) is 10.1. The van der Waals surface area contributed by atoms with E-state index >= 15 is 0 Å². The lowest BCUT2D eigenvalue weighted by Gasteiger charge is -2.15. The molecule has 2 rings (SSSR count). The van der Waals surface area contributed by atoms with Gasteiger partial charge in [-0.3, -0.25) is 0 Å². The van der Waals surface area contributed by atoms with E-state index < -0.39 is 0 Å².